The minimum atomic E-state index is -0.944. The predicted molar refractivity (Wildman–Crippen MR) is 79.9 cm³/mol. The molecule has 0 radical (unpaired) electrons. The molecule has 0 aliphatic rings. The van der Waals surface area contributed by atoms with Crippen molar-refractivity contribution >= 4 is 23.0 Å². The van der Waals surface area contributed by atoms with Gasteiger partial charge in [-0.05, 0) is 32.9 Å². The van der Waals surface area contributed by atoms with Gasteiger partial charge in [-0.2, -0.15) is 0 Å². The number of carbonyl (C=O) groups excluding carboxylic acids is 2. The molecular weight excluding hydrogens is 286 g/mol. The molecular formula is C14H19N5O3. The highest BCUT2D eigenvalue weighted by molar-refractivity contribution is 5.84. The number of aromatic nitrogens is 3. The van der Waals surface area contributed by atoms with Crippen LogP contribution in [0.2, 0.25) is 0 Å². The predicted octanol–water partition coefficient (Wildman–Crippen LogP) is 0.810. The van der Waals surface area contributed by atoms with Gasteiger partial charge in [0.05, 0.1) is 12.1 Å². The first-order valence-electron chi connectivity index (χ1n) is 6.83. The summed E-state index contributed by atoms with van der Waals surface area (Å²) >= 11 is 0. The molecule has 1 aromatic heterocycles. The molecule has 2 rings (SSSR count). The highest BCUT2D eigenvalue weighted by atomic mass is 16.6. The first-order chi connectivity index (χ1) is 10.3. The monoisotopic (exact) mass is 305 g/mol. The van der Waals surface area contributed by atoms with Gasteiger partial charge in [0.1, 0.15) is 17.2 Å². The number of nitrogens with zero attached hydrogens (tertiary/aromatic N) is 3. The molecule has 0 bridgehead atoms. The molecule has 22 heavy (non-hydrogen) atoms. The Kier molecular flexibility index (Phi) is 4.30. The maximum atomic E-state index is 11.8. The number of hydrogen-bond donors (Lipinski definition) is 2. The maximum absolute atomic E-state index is 11.8. The Morgan fingerprint density at radius 1 is 1.36 bits per heavy atom. The third-order valence-electron chi connectivity index (χ3n) is 2.81. The lowest BCUT2D eigenvalue weighted by molar-refractivity contribution is -0.120. The second-order valence-electron chi connectivity index (χ2n) is 5.86. The van der Waals surface area contributed by atoms with E-state index in [9.17, 15) is 9.59 Å². The standard InChI is InChI=1S/C14H19N5O3/c1-14(2,3)22-13(21)16-10(12(15)20)8-19-11-7-5-4-6-9(11)17-18-19/h4-7,10H,8H2,1-3H3,(H2,15,20)(H,16,21)/t10-/m0/s1. The number of benzene rings is 1. The van der Waals surface area contributed by atoms with Crippen LogP contribution in [0.5, 0.6) is 0 Å². The molecule has 0 saturated heterocycles. The lowest BCUT2D eigenvalue weighted by Crippen LogP contribution is -2.48. The molecule has 8 nitrogen and oxygen atoms in total. The van der Waals surface area contributed by atoms with Crippen molar-refractivity contribution < 1.29 is 14.3 Å². The molecule has 1 aromatic carbocycles. The first-order valence-corrected chi connectivity index (χ1v) is 6.83. The van der Waals surface area contributed by atoms with Gasteiger partial charge in [0, 0.05) is 0 Å². The Hall–Kier alpha value is -2.64. The van der Waals surface area contributed by atoms with E-state index in [4.69, 9.17) is 10.5 Å². The van der Waals surface area contributed by atoms with Crippen molar-refractivity contribution in [1.82, 2.24) is 20.3 Å². The van der Waals surface area contributed by atoms with Crippen LogP contribution in [-0.4, -0.2) is 38.6 Å². The van der Waals surface area contributed by atoms with Gasteiger partial charge in [-0.3, -0.25) is 4.79 Å². The van der Waals surface area contributed by atoms with Crippen molar-refractivity contribution in [2.24, 2.45) is 5.73 Å². The minimum absolute atomic E-state index is 0.0785. The Labute approximate surface area is 127 Å². The third-order valence-corrected chi connectivity index (χ3v) is 2.81. The molecule has 8 heteroatoms. The van der Waals surface area contributed by atoms with Crippen LogP contribution >= 0.6 is 0 Å². The number of rotatable bonds is 4. The molecule has 0 saturated carbocycles. The Morgan fingerprint density at radius 2 is 2.05 bits per heavy atom. The van der Waals surface area contributed by atoms with Gasteiger partial charge in [0.25, 0.3) is 0 Å². The third kappa shape index (κ3) is 3.94. The number of alkyl carbamates (subject to hydrolysis) is 1. The Bertz CT molecular complexity index is 689. The summed E-state index contributed by atoms with van der Waals surface area (Å²) in [4.78, 5) is 23.3. The number of carbonyl (C=O) groups is 2. The van der Waals surface area contributed by atoms with E-state index in [2.05, 4.69) is 15.6 Å². The van der Waals surface area contributed by atoms with E-state index in [0.717, 1.165) is 5.52 Å². The molecule has 0 spiro atoms. The van der Waals surface area contributed by atoms with Gasteiger partial charge in [0.2, 0.25) is 5.91 Å². The molecule has 3 N–H and O–H groups in total. The Balaban J connectivity index is 2.12. The summed E-state index contributed by atoms with van der Waals surface area (Å²) in [6, 6.07) is 6.36. The number of para-hydroxylation sites is 1. The number of amides is 2. The van der Waals surface area contributed by atoms with E-state index in [1.54, 1.807) is 26.8 Å². The number of ether oxygens (including phenoxy) is 1. The normalized spacial score (nSPS) is 12.9. The van der Waals surface area contributed by atoms with E-state index < -0.39 is 23.6 Å². The fourth-order valence-corrected chi connectivity index (χ4v) is 1.88. The number of fused-ring (bicyclic) bond motifs is 1. The zero-order valence-corrected chi connectivity index (χ0v) is 12.7. The summed E-state index contributed by atoms with van der Waals surface area (Å²) in [5.41, 5.74) is 6.13. The van der Waals surface area contributed by atoms with Crippen LogP contribution in [-0.2, 0) is 16.1 Å². The summed E-state index contributed by atoms with van der Waals surface area (Å²) in [6.45, 7) is 5.28. The smallest absolute Gasteiger partial charge is 0.408 e. The van der Waals surface area contributed by atoms with Crippen molar-refractivity contribution in [3.05, 3.63) is 24.3 Å². The summed E-state index contributed by atoms with van der Waals surface area (Å²) < 4.78 is 6.64. The van der Waals surface area contributed by atoms with Gasteiger partial charge in [-0.25, -0.2) is 9.48 Å². The van der Waals surface area contributed by atoms with E-state index in [1.807, 2.05) is 18.2 Å². The van der Waals surface area contributed by atoms with Crippen molar-refractivity contribution in [3.8, 4) is 0 Å². The maximum Gasteiger partial charge on any atom is 0.408 e. The van der Waals surface area contributed by atoms with Crippen LogP contribution in [0.15, 0.2) is 24.3 Å². The minimum Gasteiger partial charge on any atom is -0.444 e. The van der Waals surface area contributed by atoms with E-state index in [1.165, 1.54) is 4.68 Å². The molecule has 1 heterocycles. The zero-order chi connectivity index (χ0) is 16.3. The summed E-state index contributed by atoms with van der Waals surface area (Å²) in [6.07, 6.45) is -0.708. The number of nitrogens with two attached hydrogens (primary N) is 1. The number of primary amides is 1. The second kappa shape index (κ2) is 6.00. The average Bonchev–Trinajstić information content (AvgIpc) is 2.79. The zero-order valence-electron chi connectivity index (χ0n) is 12.7. The van der Waals surface area contributed by atoms with Gasteiger partial charge in [-0.15, -0.1) is 5.10 Å². The van der Waals surface area contributed by atoms with Gasteiger partial charge >= 0.3 is 6.09 Å². The lowest BCUT2D eigenvalue weighted by Gasteiger charge is -2.22. The molecule has 0 fully saturated rings. The van der Waals surface area contributed by atoms with Gasteiger partial charge in [0.15, 0.2) is 0 Å². The van der Waals surface area contributed by atoms with E-state index in [0.29, 0.717) is 5.52 Å². The van der Waals surface area contributed by atoms with Gasteiger partial charge in [-0.1, -0.05) is 17.3 Å². The summed E-state index contributed by atoms with van der Waals surface area (Å²) in [5.74, 6) is -0.676. The van der Waals surface area contributed by atoms with Gasteiger partial charge < -0.3 is 15.8 Å². The molecule has 2 aromatic rings. The van der Waals surface area contributed by atoms with Crippen molar-refractivity contribution in [2.75, 3.05) is 0 Å². The van der Waals surface area contributed by atoms with Crippen LogP contribution < -0.4 is 11.1 Å². The molecule has 118 valence electrons. The quantitative estimate of drug-likeness (QED) is 0.868. The highest BCUT2D eigenvalue weighted by Crippen LogP contribution is 2.11. The SMILES string of the molecule is CC(C)(C)OC(=O)N[C@@H](Cn1nnc2ccccc21)C(N)=O. The summed E-state index contributed by atoms with van der Waals surface area (Å²) in [5, 5.41) is 10.4. The largest absolute Gasteiger partial charge is 0.444 e. The van der Waals surface area contributed by atoms with Crippen LogP contribution in [0.3, 0.4) is 0 Å². The van der Waals surface area contributed by atoms with E-state index >= 15 is 0 Å². The Morgan fingerprint density at radius 3 is 2.68 bits per heavy atom. The molecule has 0 aliphatic carbocycles. The molecule has 2 amide bonds. The van der Waals surface area contributed by atoms with Crippen LogP contribution in [0.25, 0.3) is 11.0 Å². The fourth-order valence-electron chi connectivity index (χ4n) is 1.88. The fraction of sp³-hybridized carbons (Fsp3) is 0.429. The molecule has 0 unspecified atom stereocenters. The van der Waals surface area contributed by atoms with Crippen molar-refractivity contribution in [2.45, 2.75) is 39.0 Å². The molecule has 0 aliphatic heterocycles. The number of nitrogens with one attached hydrogen (secondary N) is 1. The van der Waals surface area contributed by atoms with Crippen molar-refractivity contribution in [3.63, 3.8) is 0 Å². The molecule has 1 atom stereocenters. The number of hydrogen-bond acceptors (Lipinski definition) is 5. The van der Waals surface area contributed by atoms with Crippen LogP contribution in [0.1, 0.15) is 20.8 Å². The van der Waals surface area contributed by atoms with Crippen LogP contribution in [0.4, 0.5) is 4.79 Å². The summed E-state index contributed by atoms with van der Waals surface area (Å²) in [7, 11) is 0. The topological polar surface area (TPSA) is 112 Å². The highest BCUT2D eigenvalue weighted by Gasteiger charge is 2.24. The average molecular weight is 305 g/mol. The van der Waals surface area contributed by atoms with Crippen LogP contribution in [0, 0.1) is 0 Å². The van der Waals surface area contributed by atoms with E-state index in [-0.39, 0.29) is 6.54 Å². The second-order valence-corrected chi connectivity index (χ2v) is 5.86. The lowest BCUT2D eigenvalue weighted by atomic mass is 10.2. The van der Waals surface area contributed by atoms with Crippen molar-refractivity contribution in [1.29, 1.82) is 0 Å². The first kappa shape index (κ1) is 15.7.